The monoisotopic (exact) mass is 410 g/mol. The van der Waals surface area contributed by atoms with E-state index in [1.165, 1.54) is 18.3 Å². The highest BCUT2D eigenvalue weighted by Gasteiger charge is 2.41. The lowest BCUT2D eigenvalue weighted by Gasteiger charge is -2.30. The first-order valence-electron chi connectivity index (χ1n) is 9.15. The van der Waals surface area contributed by atoms with Crippen LogP contribution in [-0.4, -0.2) is 54.4 Å². The summed E-state index contributed by atoms with van der Waals surface area (Å²) in [6.07, 6.45) is 1.40. The molecule has 2 rings (SSSR count). The largest absolute Gasteiger partial charge is 0.369 e. The van der Waals surface area contributed by atoms with Crippen LogP contribution >= 0.6 is 0 Å². The second-order valence-corrected chi connectivity index (χ2v) is 8.92. The molecule has 10 heteroatoms. The van der Waals surface area contributed by atoms with Gasteiger partial charge in [0.05, 0.1) is 6.54 Å². The number of ketones is 1. The molecule has 9 nitrogen and oxygen atoms in total. The molecule has 0 bridgehead atoms. The Labute approximate surface area is 164 Å². The highest BCUT2D eigenvalue weighted by Crippen LogP contribution is 2.24. The summed E-state index contributed by atoms with van der Waals surface area (Å²) >= 11 is 0. The van der Waals surface area contributed by atoms with E-state index >= 15 is 0 Å². The van der Waals surface area contributed by atoms with Crippen molar-refractivity contribution in [3.8, 4) is 0 Å². The topological polar surface area (TPSA) is 140 Å². The maximum atomic E-state index is 13.2. The molecule has 0 radical (unpaired) electrons. The van der Waals surface area contributed by atoms with Crippen LogP contribution in [-0.2, 0) is 24.4 Å². The number of hydrogen-bond donors (Lipinski definition) is 2. The predicted molar refractivity (Wildman–Crippen MR) is 101 cm³/mol. The van der Waals surface area contributed by atoms with E-state index in [2.05, 4.69) is 10.3 Å². The van der Waals surface area contributed by atoms with Crippen molar-refractivity contribution in [1.82, 2.24) is 14.6 Å². The summed E-state index contributed by atoms with van der Waals surface area (Å²) in [5, 5.41) is 2.67. The smallest absolute Gasteiger partial charge is 0.284 e. The Morgan fingerprint density at radius 2 is 2.11 bits per heavy atom. The zero-order valence-electron chi connectivity index (χ0n) is 16.0. The van der Waals surface area contributed by atoms with Crippen molar-refractivity contribution in [2.45, 2.75) is 44.2 Å². The number of Topliss-reactive ketones (excluding diaryl/α,β-unsaturated/α-hetero) is 1. The van der Waals surface area contributed by atoms with Crippen molar-refractivity contribution in [3.05, 3.63) is 24.4 Å². The van der Waals surface area contributed by atoms with Gasteiger partial charge in [0.15, 0.2) is 10.8 Å². The summed E-state index contributed by atoms with van der Waals surface area (Å²) in [5.41, 5.74) is 5.22. The number of nitrogens with two attached hydrogens (primary N) is 1. The molecule has 1 saturated heterocycles. The van der Waals surface area contributed by atoms with Gasteiger partial charge in [-0.1, -0.05) is 19.9 Å². The molecule has 0 spiro atoms. The van der Waals surface area contributed by atoms with Crippen molar-refractivity contribution < 1.29 is 22.8 Å². The van der Waals surface area contributed by atoms with Gasteiger partial charge in [-0.3, -0.25) is 14.4 Å². The lowest BCUT2D eigenvalue weighted by atomic mass is 10.00. The first-order chi connectivity index (χ1) is 13.1. The second-order valence-electron chi connectivity index (χ2n) is 7.16. The summed E-state index contributed by atoms with van der Waals surface area (Å²) in [6.45, 7) is 3.97. The third kappa shape index (κ3) is 5.14. The molecule has 154 valence electrons. The Morgan fingerprint density at radius 3 is 2.71 bits per heavy atom. The van der Waals surface area contributed by atoms with Crippen LogP contribution in [0.25, 0.3) is 0 Å². The zero-order valence-corrected chi connectivity index (χ0v) is 16.8. The van der Waals surface area contributed by atoms with E-state index in [4.69, 9.17) is 5.73 Å². The number of nitrogens with zero attached hydrogens (tertiary/aromatic N) is 2. The average molecular weight is 410 g/mol. The minimum Gasteiger partial charge on any atom is -0.369 e. The maximum Gasteiger partial charge on any atom is 0.284 e. The van der Waals surface area contributed by atoms with E-state index in [1.807, 2.05) is 6.92 Å². The van der Waals surface area contributed by atoms with Crippen LogP contribution in [0.15, 0.2) is 29.4 Å². The van der Waals surface area contributed by atoms with Crippen molar-refractivity contribution in [1.29, 1.82) is 0 Å². The minimum absolute atomic E-state index is 0.00442. The van der Waals surface area contributed by atoms with Gasteiger partial charge in [0.25, 0.3) is 10.0 Å². The van der Waals surface area contributed by atoms with Gasteiger partial charge in [0.1, 0.15) is 6.04 Å². The first-order valence-corrected chi connectivity index (χ1v) is 10.6. The third-order valence-corrected chi connectivity index (χ3v) is 6.50. The van der Waals surface area contributed by atoms with Crippen LogP contribution in [0.4, 0.5) is 0 Å². The average Bonchev–Trinajstić information content (AvgIpc) is 2.81. The normalized spacial score (nSPS) is 21.6. The second kappa shape index (κ2) is 9.24. The fourth-order valence-electron chi connectivity index (χ4n) is 3.05. The zero-order chi connectivity index (χ0) is 20.9. The molecule has 2 heterocycles. The quantitative estimate of drug-likeness (QED) is 0.648. The van der Waals surface area contributed by atoms with Gasteiger partial charge < -0.3 is 11.1 Å². The number of nitrogens with one attached hydrogen (secondary N) is 1. The van der Waals surface area contributed by atoms with Gasteiger partial charge in [0.2, 0.25) is 11.8 Å². The Morgan fingerprint density at radius 1 is 1.39 bits per heavy atom. The number of hydrogen-bond acceptors (Lipinski definition) is 7. The minimum atomic E-state index is -4.33. The van der Waals surface area contributed by atoms with Crippen LogP contribution in [0.3, 0.4) is 0 Å². The Bertz CT molecular complexity index is 828. The number of sulfonamides is 1. The summed E-state index contributed by atoms with van der Waals surface area (Å²) in [5.74, 6) is -2.29. The Kier molecular flexibility index (Phi) is 7.25. The summed E-state index contributed by atoms with van der Waals surface area (Å²) in [4.78, 5) is 40.7. The highest BCUT2D eigenvalue weighted by atomic mass is 32.2. The van der Waals surface area contributed by atoms with E-state index in [-0.39, 0.29) is 42.5 Å². The number of rotatable bonds is 7. The SMILES string of the molecule is CC1CNCC(=O)[C@@H](N(C(=O)CCC(C)C(N)=O)S(=O)(=O)c2ccccn2)C1. The lowest BCUT2D eigenvalue weighted by Crippen LogP contribution is -2.50. The molecule has 1 aromatic rings. The molecule has 1 aliphatic rings. The molecule has 0 aliphatic carbocycles. The fraction of sp³-hybridized carbons (Fsp3) is 0.556. The van der Waals surface area contributed by atoms with E-state index in [0.717, 1.165) is 0 Å². The van der Waals surface area contributed by atoms with Crippen LogP contribution in [0.2, 0.25) is 0 Å². The van der Waals surface area contributed by atoms with Crippen LogP contribution < -0.4 is 11.1 Å². The molecule has 1 aromatic heterocycles. The predicted octanol–water partition coefficient (Wildman–Crippen LogP) is 0.0676. The molecule has 1 aliphatic heterocycles. The number of primary amides is 1. The molecule has 2 amide bonds. The molecule has 3 atom stereocenters. The van der Waals surface area contributed by atoms with Crippen molar-refractivity contribution >= 4 is 27.6 Å². The van der Waals surface area contributed by atoms with E-state index in [0.29, 0.717) is 10.8 Å². The fourth-order valence-corrected chi connectivity index (χ4v) is 4.59. The Hall–Kier alpha value is -2.33. The number of carbonyl (C=O) groups is 3. The van der Waals surface area contributed by atoms with Gasteiger partial charge in [-0.25, -0.2) is 9.29 Å². The summed E-state index contributed by atoms with van der Waals surface area (Å²) in [7, 11) is -4.33. The molecular weight excluding hydrogens is 384 g/mol. The van der Waals surface area contributed by atoms with Gasteiger partial charge in [-0.2, -0.15) is 8.42 Å². The molecule has 1 fully saturated rings. The Balaban J connectivity index is 2.41. The molecule has 0 saturated carbocycles. The number of carbonyl (C=O) groups excluding carboxylic acids is 3. The molecule has 0 aromatic carbocycles. The summed E-state index contributed by atoms with van der Waals surface area (Å²) < 4.78 is 27.1. The molecule has 3 N–H and O–H groups in total. The highest BCUT2D eigenvalue weighted by molar-refractivity contribution is 7.89. The molecule has 2 unspecified atom stereocenters. The van der Waals surface area contributed by atoms with Crippen LogP contribution in [0.1, 0.15) is 33.1 Å². The first kappa shape index (κ1) is 22.0. The van der Waals surface area contributed by atoms with Crippen molar-refractivity contribution in [2.24, 2.45) is 17.6 Å². The maximum absolute atomic E-state index is 13.2. The standard InChI is InChI=1S/C18H26N4O5S/c1-12-9-14(15(23)11-20-10-12)22(17(24)7-6-13(2)18(19)25)28(26,27)16-5-3-4-8-21-16/h3-5,8,12-14,20H,6-7,9-11H2,1-2H3,(H2,19,25)/t12?,13?,14-/m0/s1. The van der Waals surface area contributed by atoms with E-state index in [9.17, 15) is 22.8 Å². The van der Waals surface area contributed by atoms with E-state index < -0.39 is 33.8 Å². The molecule has 28 heavy (non-hydrogen) atoms. The number of amides is 2. The molecular formula is C18H26N4O5S. The van der Waals surface area contributed by atoms with E-state index in [1.54, 1.807) is 13.0 Å². The van der Waals surface area contributed by atoms with Crippen molar-refractivity contribution in [2.75, 3.05) is 13.1 Å². The summed E-state index contributed by atoms with van der Waals surface area (Å²) in [6, 6.07) is 3.22. The number of pyridine rings is 1. The van der Waals surface area contributed by atoms with Crippen LogP contribution in [0, 0.1) is 11.8 Å². The van der Waals surface area contributed by atoms with Gasteiger partial charge in [-0.05, 0) is 37.4 Å². The lowest BCUT2D eigenvalue weighted by molar-refractivity contribution is -0.134. The van der Waals surface area contributed by atoms with Gasteiger partial charge in [-0.15, -0.1) is 0 Å². The van der Waals surface area contributed by atoms with Gasteiger partial charge >= 0.3 is 0 Å². The van der Waals surface area contributed by atoms with Gasteiger partial charge in [0, 0.05) is 18.5 Å². The third-order valence-electron chi connectivity index (χ3n) is 4.76. The van der Waals surface area contributed by atoms with Crippen LogP contribution in [0.5, 0.6) is 0 Å². The van der Waals surface area contributed by atoms with Crippen molar-refractivity contribution in [3.63, 3.8) is 0 Å². The number of aromatic nitrogens is 1.